The molecule has 0 bridgehead atoms. The fraction of sp³-hybridized carbons (Fsp3) is 0.500. The largest absolute Gasteiger partial charge is 0.378 e. The van der Waals surface area contributed by atoms with E-state index in [2.05, 4.69) is 28.2 Å². The van der Waals surface area contributed by atoms with E-state index in [-0.39, 0.29) is 12.0 Å². The van der Waals surface area contributed by atoms with Crippen LogP contribution in [0.4, 0.5) is 0 Å². The molecule has 0 aliphatic carbocycles. The molecule has 1 N–H and O–H groups in total. The SMILES string of the molecule is Cc1cccc(C(=O)NCC2CCOC2C)c1Br. The van der Waals surface area contributed by atoms with Gasteiger partial charge in [-0.2, -0.15) is 0 Å². The quantitative estimate of drug-likeness (QED) is 0.932. The van der Waals surface area contributed by atoms with E-state index in [4.69, 9.17) is 4.74 Å². The lowest BCUT2D eigenvalue weighted by atomic mass is 10.0. The summed E-state index contributed by atoms with van der Waals surface area (Å²) in [5, 5.41) is 2.99. The second-order valence-corrected chi connectivity index (χ2v) is 5.56. The van der Waals surface area contributed by atoms with E-state index < -0.39 is 0 Å². The molecule has 1 amide bonds. The van der Waals surface area contributed by atoms with Gasteiger partial charge < -0.3 is 10.1 Å². The van der Waals surface area contributed by atoms with Crippen molar-refractivity contribution >= 4 is 21.8 Å². The molecule has 1 heterocycles. The Balaban J connectivity index is 1.97. The predicted molar refractivity (Wildman–Crippen MR) is 74.7 cm³/mol. The Morgan fingerprint density at radius 1 is 1.56 bits per heavy atom. The molecule has 4 heteroatoms. The minimum absolute atomic E-state index is 0.0234. The van der Waals surface area contributed by atoms with E-state index in [1.165, 1.54) is 0 Å². The second-order valence-electron chi connectivity index (χ2n) is 4.77. The zero-order chi connectivity index (χ0) is 13.1. The molecule has 2 atom stereocenters. The molecule has 18 heavy (non-hydrogen) atoms. The highest BCUT2D eigenvalue weighted by atomic mass is 79.9. The number of carbonyl (C=O) groups is 1. The molecule has 3 nitrogen and oxygen atoms in total. The Morgan fingerprint density at radius 3 is 3.00 bits per heavy atom. The molecule has 98 valence electrons. The van der Waals surface area contributed by atoms with Gasteiger partial charge in [0.1, 0.15) is 0 Å². The fourth-order valence-corrected chi connectivity index (χ4v) is 2.63. The summed E-state index contributed by atoms with van der Waals surface area (Å²) in [6, 6.07) is 5.71. The highest BCUT2D eigenvalue weighted by molar-refractivity contribution is 9.10. The minimum atomic E-state index is -0.0234. The molecule has 0 saturated carbocycles. The third-order valence-corrected chi connectivity index (χ3v) is 4.55. The van der Waals surface area contributed by atoms with Crippen LogP contribution in [0.2, 0.25) is 0 Å². The maximum atomic E-state index is 12.1. The lowest BCUT2D eigenvalue weighted by Crippen LogP contribution is -2.32. The third kappa shape index (κ3) is 2.93. The zero-order valence-electron chi connectivity index (χ0n) is 10.7. The van der Waals surface area contributed by atoms with Crippen LogP contribution in [0, 0.1) is 12.8 Å². The average Bonchev–Trinajstić information content (AvgIpc) is 2.75. The van der Waals surface area contributed by atoms with Crippen LogP contribution >= 0.6 is 15.9 Å². The molecule has 1 aliphatic heterocycles. The predicted octanol–water partition coefficient (Wildman–Crippen LogP) is 2.91. The van der Waals surface area contributed by atoms with Crippen LogP contribution in [0.5, 0.6) is 0 Å². The van der Waals surface area contributed by atoms with Crippen molar-refractivity contribution in [3.8, 4) is 0 Å². The summed E-state index contributed by atoms with van der Waals surface area (Å²) < 4.78 is 6.36. The van der Waals surface area contributed by atoms with Gasteiger partial charge in [0, 0.05) is 23.5 Å². The number of rotatable bonds is 3. The van der Waals surface area contributed by atoms with Gasteiger partial charge in [-0.15, -0.1) is 0 Å². The first-order chi connectivity index (χ1) is 8.59. The van der Waals surface area contributed by atoms with E-state index in [0.717, 1.165) is 23.1 Å². The molecule has 1 aliphatic rings. The molecule has 1 saturated heterocycles. The molecule has 0 radical (unpaired) electrons. The van der Waals surface area contributed by atoms with Crippen molar-refractivity contribution in [2.45, 2.75) is 26.4 Å². The molecule has 2 unspecified atom stereocenters. The first-order valence-corrected chi connectivity index (χ1v) is 7.04. The van der Waals surface area contributed by atoms with Crippen molar-refractivity contribution in [3.05, 3.63) is 33.8 Å². The standard InChI is InChI=1S/C14H18BrNO2/c1-9-4-3-5-12(13(9)15)14(17)16-8-11-6-7-18-10(11)2/h3-5,10-11H,6-8H2,1-2H3,(H,16,17). The number of carbonyl (C=O) groups excluding carboxylic acids is 1. The Bertz CT molecular complexity index is 447. The number of benzene rings is 1. The molecule has 0 spiro atoms. The first-order valence-electron chi connectivity index (χ1n) is 6.24. The monoisotopic (exact) mass is 311 g/mol. The number of halogens is 1. The van der Waals surface area contributed by atoms with Crippen molar-refractivity contribution in [1.29, 1.82) is 0 Å². The van der Waals surface area contributed by atoms with Gasteiger partial charge in [-0.25, -0.2) is 0 Å². The summed E-state index contributed by atoms with van der Waals surface area (Å²) in [7, 11) is 0. The van der Waals surface area contributed by atoms with Crippen molar-refractivity contribution in [2.24, 2.45) is 5.92 Å². The zero-order valence-corrected chi connectivity index (χ0v) is 12.3. The fourth-order valence-electron chi connectivity index (χ4n) is 2.19. The number of hydrogen-bond donors (Lipinski definition) is 1. The lowest BCUT2D eigenvalue weighted by molar-refractivity contribution is 0.0906. The van der Waals surface area contributed by atoms with Gasteiger partial charge >= 0.3 is 0 Å². The molecule has 1 aromatic rings. The Hall–Kier alpha value is -0.870. The van der Waals surface area contributed by atoms with Crippen LogP contribution < -0.4 is 5.32 Å². The van der Waals surface area contributed by atoms with E-state index in [1.807, 2.05) is 25.1 Å². The maximum absolute atomic E-state index is 12.1. The maximum Gasteiger partial charge on any atom is 0.252 e. The summed E-state index contributed by atoms with van der Waals surface area (Å²) in [6.45, 7) is 5.52. The van der Waals surface area contributed by atoms with Gasteiger partial charge in [-0.3, -0.25) is 4.79 Å². The highest BCUT2D eigenvalue weighted by Gasteiger charge is 2.24. The van der Waals surface area contributed by atoms with Gasteiger partial charge in [-0.1, -0.05) is 12.1 Å². The van der Waals surface area contributed by atoms with E-state index in [0.29, 0.717) is 18.0 Å². The van der Waals surface area contributed by atoms with Gasteiger partial charge in [0.2, 0.25) is 0 Å². The number of ether oxygens (including phenoxy) is 1. The van der Waals surface area contributed by atoms with Crippen LogP contribution in [0.3, 0.4) is 0 Å². The van der Waals surface area contributed by atoms with Crippen LogP contribution in [-0.4, -0.2) is 25.2 Å². The van der Waals surface area contributed by atoms with Crippen molar-refractivity contribution in [1.82, 2.24) is 5.32 Å². The van der Waals surface area contributed by atoms with Crippen LogP contribution in [-0.2, 0) is 4.74 Å². The number of amides is 1. The Morgan fingerprint density at radius 2 is 2.33 bits per heavy atom. The summed E-state index contributed by atoms with van der Waals surface area (Å²) in [4.78, 5) is 12.1. The lowest BCUT2D eigenvalue weighted by Gasteiger charge is -2.15. The molecule has 1 aromatic carbocycles. The summed E-state index contributed by atoms with van der Waals surface area (Å²) >= 11 is 3.46. The van der Waals surface area contributed by atoms with Crippen molar-refractivity contribution in [2.75, 3.05) is 13.2 Å². The Labute approximate surface area is 116 Å². The molecular weight excluding hydrogens is 294 g/mol. The number of hydrogen-bond acceptors (Lipinski definition) is 2. The van der Waals surface area contributed by atoms with E-state index >= 15 is 0 Å². The third-order valence-electron chi connectivity index (χ3n) is 3.49. The normalized spacial score (nSPS) is 23.1. The number of aryl methyl sites for hydroxylation is 1. The summed E-state index contributed by atoms with van der Waals surface area (Å²) in [6.07, 6.45) is 1.27. The average molecular weight is 312 g/mol. The molecular formula is C14H18BrNO2. The Kier molecular flexibility index (Phi) is 4.40. The van der Waals surface area contributed by atoms with Crippen LogP contribution in [0.1, 0.15) is 29.3 Å². The highest BCUT2D eigenvalue weighted by Crippen LogP contribution is 2.22. The van der Waals surface area contributed by atoms with E-state index in [9.17, 15) is 4.79 Å². The molecule has 1 fully saturated rings. The number of nitrogens with one attached hydrogen (secondary N) is 1. The van der Waals surface area contributed by atoms with Crippen molar-refractivity contribution < 1.29 is 9.53 Å². The minimum Gasteiger partial charge on any atom is -0.378 e. The van der Waals surface area contributed by atoms with Gasteiger partial charge in [0.15, 0.2) is 0 Å². The van der Waals surface area contributed by atoms with Crippen molar-refractivity contribution in [3.63, 3.8) is 0 Å². The topological polar surface area (TPSA) is 38.3 Å². The van der Waals surface area contributed by atoms with E-state index in [1.54, 1.807) is 0 Å². The smallest absolute Gasteiger partial charge is 0.252 e. The van der Waals surface area contributed by atoms with Gasteiger partial charge in [0.25, 0.3) is 5.91 Å². The summed E-state index contributed by atoms with van der Waals surface area (Å²) in [5.74, 6) is 0.405. The van der Waals surface area contributed by atoms with Gasteiger partial charge in [-0.05, 0) is 47.8 Å². The first kappa shape index (κ1) is 13.6. The van der Waals surface area contributed by atoms with Gasteiger partial charge in [0.05, 0.1) is 11.7 Å². The van der Waals surface area contributed by atoms with Crippen LogP contribution in [0.15, 0.2) is 22.7 Å². The molecule has 2 rings (SSSR count). The molecule has 0 aromatic heterocycles. The second kappa shape index (κ2) is 5.85. The summed E-state index contributed by atoms with van der Waals surface area (Å²) in [5.41, 5.74) is 1.77. The van der Waals surface area contributed by atoms with Crippen LogP contribution in [0.25, 0.3) is 0 Å².